The minimum atomic E-state index is -0.0543. The highest BCUT2D eigenvalue weighted by atomic mass is 32.2. The van der Waals surface area contributed by atoms with Gasteiger partial charge in [-0.3, -0.25) is 14.9 Å². The van der Waals surface area contributed by atoms with Gasteiger partial charge in [-0.15, -0.1) is 23.5 Å². The fourth-order valence-electron chi connectivity index (χ4n) is 2.82. The molecule has 2 heterocycles. The summed E-state index contributed by atoms with van der Waals surface area (Å²) in [5, 5.41) is 3.21. The molecule has 3 rings (SSSR count). The Hall–Kier alpha value is -1.18. The zero-order valence-electron chi connectivity index (χ0n) is 13.2. The predicted molar refractivity (Wildman–Crippen MR) is 95.0 cm³/mol. The van der Waals surface area contributed by atoms with E-state index >= 15 is 0 Å². The molecule has 0 radical (unpaired) electrons. The van der Waals surface area contributed by atoms with Crippen LogP contribution in [0.15, 0.2) is 29.2 Å². The molecule has 0 bridgehead atoms. The average molecular weight is 351 g/mol. The zero-order valence-corrected chi connectivity index (χ0v) is 14.8. The van der Waals surface area contributed by atoms with E-state index in [9.17, 15) is 9.59 Å². The second-order valence-corrected chi connectivity index (χ2v) is 7.53. The lowest BCUT2D eigenvalue weighted by atomic mass is 10.1. The van der Waals surface area contributed by atoms with Crippen LogP contribution in [0.4, 0.5) is 0 Å². The molecule has 0 aromatic heterocycles. The van der Waals surface area contributed by atoms with Gasteiger partial charge in [0.25, 0.3) is 5.91 Å². The fraction of sp³-hybridized carbons (Fsp3) is 0.500. The van der Waals surface area contributed by atoms with Crippen LogP contribution in [0.1, 0.15) is 10.4 Å². The first-order chi connectivity index (χ1) is 11.2. The van der Waals surface area contributed by atoms with Crippen LogP contribution in [-0.2, 0) is 4.79 Å². The van der Waals surface area contributed by atoms with Gasteiger partial charge < -0.3 is 9.80 Å². The number of piperazine rings is 1. The number of carbonyl (C=O) groups excluding carboxylic acids is 2. The Morgan fingerprint density at radius 3 is 2.35 bits per heavy atom. The molecule has 1 aromatic carbocycles. The standard InChI is InChI=1S/C16H21N3O2S2/c1-22-13-4-2-12(3-5-13)15(20)18-6-8-19(9-7-18)16(21)14-10-23-11-17-14/h2-5,14,17H,6-11H2,1H3. The maximum absolute atomic E-state index is 12.5. The van der Waals surface area contributed by atoms with Gasteiger partial charge in [0.1, 0.15) is 0 Å². The van der Waals surface area contributed by atoms with Crippen molar-refractivity contribution in [2.45, 2.75) is 10.9 Å². The van der Waals surface area contributed by atoms with Crippen LogP contribution < -0.4 is 5.32 Å². The molecular weight excluding hydrogens is 330 g/mol. The molecule has 2 aliphatic rings. The molecule has 23 heavy (non-hydrogen) atoms. The summed E-state index contributed by atoms with van der Waals surface area (Å²) in [6, 6.07) is 7.65. The third kappa shape index (κ3) is 3.84. The largest absolute Gasteiger partial charge is 0.338 e. The average Bonchev–Trinajstić information content (AvgIpc) is 3.15. The molecule has 2 fully saturated rings. The summed E-state index contributed by atoms with van der Waals surface area (Å²) in [6.45, 7) is 2.45. The summed E-state index contributed by atoms with van der Waals surface area (Å²) in [5.74, 6) is 1.92. The summed E-state index contributed by atoms with van der Waals surface area (Å²) < 4.78 is 0. The number of nitrogens with one attached hydrogen (secondary N) is 1. The Balaban J connectivity index is 1.55. The minimum Gasteiger partial charge on any atom is -0.338 e. The minimum absolute atomic E-state index is 0.0543. The van der Waals surface area contributed by atoms with Crippen molar-refractivity contribution in [1.82, 2.24) is 15.1 Å². The molecule has 1 atom stereocenters. The number of thioether (sulfide) groups is 2. The second-order valence-electron chi connectivity index (χ2n) is 5.62. The van der Waals surface area contributed by atoms with Gasteiger partial charge in [-0.1, -0.05) is 0 Å². The van der Waals surface area contributed by atoms with Crippen molar-refractivity contribution >= 4 is 35.3 Å². The number of amides is 2. The van der Waals surface area contributed by atoms with E-state index in [-0.39, 0.29) is 17.9 Å². The van der Waals surface area contributed by atoms with Crippen molar-refractivity contribution in [3.05, 3.63) is 29.8 Å². The van der Waals surface area contributed by atoms with Crippen LogP contribution in [0.3, 0.4) is 0 Å². The predicted octanol–water partition coefficient (Wildman–Crippen LogP) is 1.36. The summed E-state index contributed by atoms with van der Waals surface area (Å²) in [6.07, 6.45) is 2.02. The molecule has 124 valence electrons. The normalized spacial score (nSPS) is 21.5. The highest BCUT2D eigenvalue weighted by Crippen LogP contribution is 2.17. The van der Waals surface area contributed by atoms with Gasteiger partial charge in [-0.05, 0) is 30.5 Å². The second kappa shape index (κ2) is 7.59. The Morgan fingerprint density at radius 1 is 1.13 bits per heavy atom. The van der Waals surface area contributed by atoms with Gasteiger partial charge in [0.15, 0.2) is 0 Å². The third-order valence-corrected chi connectivity index (χ3v) is 5.91. The van der Waals surface area contributed by atoms with E-state index in [1.54, 1.807) is 23.5 Å². The Kier molecular flexibility index (Phi) is 5.50. The highest BCUT2D eigenvalue weighted by molar-refractivity contribution is 7.99. The Bertz CT molecular complexity index is 565. The van der Waals surface area contributed by atoms with E-state index in [0.29, 0.717) is 26.2 Å². The van der Waals surface area contributed by atoms with Crippen LogP contribution in [0, 0.1) is 0 Å². The Labute approximate surface area is 145 Å². The van der Waals surface area contributed by atoms with Gasteiger partial charge >= 0.3 is 0 Å². The van der Waals surface area contributed by atoms with Gasteiger partial charge in [0, 0.05) is 48.3 Å². The molecule has 1 N–H and O–H groups in total. The number of benzene rings is 1. The zero-order chi connectivity index (χ0) is 16.2. The molecule has 1 unspecified atom stereocenters. The van der Waals surface area contributed by atoms with E-state index in [4.69, 9.17) is 0 Å². The first-order valence-electron chi connectivity index (χ1n) is 7.72. The van der Waals surface area contributed by atoms with E-state index in [1.165, 1.54) is 0 Å². The maximum atomic E-state index is 12.5. The molecule has 7 heteroatoms. The lowest BCUT2D eigenvalue weighted by Crippen LogP contribution is -2.54. The number of hydrogen-bond acceptors (Lipinski definition) is 5. The van der Waals surface area contributed by atoms with Gasteiger partial charge in [0.05, 0.1) is 6.04 Å². The summed E-state index contributed by atoms with van der Waals surface area (Å²) in [5.41, 5.74) is 0.719. The van der Waals surface area contributed by atoms with Crippen molar-refractivity contribution in [2.24, 2.45) is 0 Å². The highest BCUT2D eigenvalue weighted by Gasteiger charge is 2.30. The summed E-state index contributed by atoms with van der Waals surface area (Å²) in [4.78, 5) is 29.8. The summed E-state index contributed by atoms with van der Waals surface area (Å²) in [7, 11) is 0. The molecular formula is C16H21N3O2S2. The van der Waals surface area contributed by atoms with Gasteiger partial charge in [-0.25, -0.2) is 0 Å². The van der Waals surface area contributed by atoms with Crippen molar-refractivity contribution in [2.75, 3.05) is 44.1 Å². The maximum Gasteiger partial charge on any atom is 0.253 e. The first-order valence-corrected chi connectivity index (χ1v) is 10.1. The Morgan fingerprint density at radius 2 is 1.78 bits per heavy atom. The van der Waals surface area contributed by atoms with Crippen molar-refractivity contribution < 1.29 is 9.59 Å². The lowest BCUT2D eigenvalue weighted by molar-refractivity contribution is -0.134. The van der Waals surface area contributed by atoms with Gasteiger partial charge in [0.2, 0.25) is 5.91 Å². The molecule has 5 nitrogen and oxygen atoms in total. The number of hydrogen-bond donors (Lipinski definition) is 1. The molecule has 2 aliphatic heterocycles. The number of rotatable bonds is 3. The molecule has 2 saturated heterocycles. The monoisotopic (exact) mass is 351 g/mol. The molecule has 0 spiro atoms. The van der Waals surface area contributed by atoms with E-state index < -0.39 is 0 Å². The molecule has 2 amide bonds. The van der Waals surface area contributed by atoms with Crippen molar-refractivity contribution in [3.8, 4) is 0 Å². The van der Waals surface area contributed by atoms with E-state index in [2.05, 4.69) is 5.32 Å². The van der Waals surface area contributed by atoms with Crippen LogP contribution >= 0.6 is 23.5 Å². The first kappa shape index (κ1) is 16.7. The van der Waals surface area contributed by atoms with Crippen LogP contribution in [0.2, 0.25) is 0 Å². The number of carbonyl (C=O) groups is 2. The fourth-order valence-corrected chi connectivity index (χ4v) is 4.16. The number of nitrogens with zero attached hydrogens (tertiary/aromatic N) is 2. The third-order valence-electron chi connectivity index (χ3n) is 4.23. The SMILES string of the molecule is CSc1ccc(C(=O)N2CCN(C(=O)C3CSCN3)CC2)cc1. The lowest BCUT2D eigenvalue weighted by Gasteiger charge is -2.36. The van der Waals surface area contributed by atoms with Crippen LogP contribution in [0.5, 0.6) is 0 Å². The van der Waals surface area contributed by atoms with Gasteiger partial charge in [-0.2, -0.15) is 0 Å². The topological polar surface area (TPSA) is 52.7 Å². The van der Waals surface area contributed by atoms with Crippen LogP contribution in [0.25, 0.3) is 0 Å². The van der Waals surface area contributed by atoms with Crippen molar-refractivity contribution in [1.29, 1.82) is 0 Å². The smallest absolute Gasteiger partial charge is 0.253 e. The van der Waals surface area contributed by atoms with Crippen LogP contribution in [-0.4, -0.2) is 71.7 Å². The molecule has 0 aliphatic carbocycles. The van der Waals surface area contributed by atoms with E-state index in [0.717, 1.165) is 22.1 Å². The summed E-state index contributed by atoms with van der Waals surface area (Å²) >= 11 is 3.42. The molecule has 0 saturated carbocycles. The quantitative estimate of drug-likeness (QED) is 0.834. The molecule has 1 aromatic rings. The van der Waals surface area contributed by atoms with Crippen molar-refractivity contribution in [3.63, 3.8) is 0 Å². The van der Waals surface area contributed by atoms with E-state index in [1.807, 2.05) is 40.3 Å².